The fourth-order valence-corrected chi connectivity index (χ4v) is 4.46. The first kappa shape index (κ1) is 18.2. The third-order valence-electron chi connectivity index (χ3n) is 4.35. The van der Waals surface area contributed by atoms with Gasteiger partial charge in [-0.15, -0.1) is 0 Å². The highest BCUT2D eigenvalue weighted by molar-refractivity contribution is 7.99. The van der Waals surface area contributed by atoms with Gasteiger partial charge in [-0.1, -0.05) is 11.6 Å². The first-order valence-corrected chi connectivity index (χ1v) is 9.57. The Kier molecular flexibility index (Phi) is 5.32. The second-order valence-corrected chi connectivity index (χ2v) is 7.71. The van der Waals surface area contributed by atoms with Crippen LogP contribution in [0.1, 0.15) is 30.2 Å². The van der Waals surface area contributed by atoms with Gasteiger partial charge >= 0.3 is 0 Å². The van der Waals surface area contributed by atoms with E-state index in [4.69, 9.17) is 26.7 Å². The number of hydrogen-bond donors (Lipinski definition) is 2. The molecule has 3 heterocycles. The molecule has 2 aromatic heterocycles. The number of ether oxygens (including phenoxy) is 1. The fourth-order valence-electron chi connectivity index (χ4n) is 2.95. The normalized spacial score (nSPS) is 19.8. The van der Waals surface area contributed by atoms with Crippen LogP contribution in [0.5, 0.6) is 0 Å². The van der Waals surface area contributed by atoms with Crippen LogP contribution in [0.2, 0.25) is 5.15 Å². The Hall–Kier alpha value is -1.63. The Morgan fingerprint density at radius 3 is 2.84 bits per heavy atom. The zero-order chi connectivity index (χ0) is 18.0. The summed E-state index contributed by atoms with van der Waals surface area (Å²) in [5.41, 5.74) is 3.56. The average molecular weight is 377 g/mol. The molecule has 0 aliphatic carbocycles. The van der Waals surface area contributed by atoms with Crippen molar-refractivity contribution in [3.05, 3.63) is 46.4 Å². The van der Waals surface area contributed by atoms with Crippen molar-refractivity contribution in [2.75, 3.05) is 23.9 Å². The lowest BCUT2D eigenvalue weighted by molar-refractivity contribution is 0.00546. The van der Waals surface area contributed by atoms with Crippen molar-refractivity contribution in [1.29, 1.82) is 5.41 Å². The van der Waals surface area contributed by atoms with Gasteiger partial charge in [-0.2, -0.15) is 11.8 Å². The molecule has 0 amide bonds. The SMILES string of the molecule is COC1(c2cc(C)cc(Nc3cc(Cl)ncc3C(C)=N)n2)CCSC1. The third kappa shape index (κ3) is 3.81. The van der Waals surface area contributed by atoms with Crippen LogP contribution in [0.3, 0.4) is 0 Å². The predicted octanol–water partition coefficient (Wildman–Crippen LogP) is 4.55. The molecule has 0 aromatic carbocycles. The van der Waals surface area contributed by atoms with Crippen LogP contribution in [-0.4, -0.2) is 34.3 Å². The number of methoxy groups -OCH3 is 1. The number of thioether (sulfide) groups is 1. The maximum atomic E-state index is 7.93. The standard InChI is InChI=1S/C18H21ClN4OS/c1-11-6-15(18(24-3)4-5-25-10-18)23-17(7-11)22-14-8-16(19)21-9-13(14)12(2)20/h6-9,20H,4-5,10H2,1-3H3,(H,21,22,23). The zero-order valence-electron chi connectivity index (χ0n) is 14.5. The Balaban J connectivity index is 1.99. The Bertz CT molecular complexity index is 806. The summed E-state index contributed by atoms with van der Waals surface area (Å²) < 4.78 is 5.85. The van der Waals surface area contributed by atoms with Crippen LogP contribution in [0.4, 0.5) is 11.5 Å². The molecule has 3 rings (SSSR count). The van der Waals surface area contributed by atoms with E-state index in [2.05, 4.69) is 16.4 Å². The summed E-state index contributed by atoms with van der Waals surface area (Å²) in [6.07, 6.45) is 2.56. The van der Waals surface area contributed by atoms with Crippen molar-refractivity contribution in [3.63, 3.8) is 0 Å². The van der Waals surface area contributed by atoms with Crippen molar-refractivity contribution in [1.82, 2.24) is 9.97 Å². The number of nitrogens with zero attached hydrogens (tertiary/aromatic N) is 2. The van der Waals surface area contributed by atoms with E-state index in [1.54, 1.807) is 26.3 Å². The molecule has 1 saturated heterocycles. The minimum absolute atomic E-state index is 0.330. The van der Waals surface area contributed by atoms with E-state index in [0.717, 1.165) is 34.9 Å². The Morgan fingerprint density at radius 2 is 2.20 bits per heavy atom. The average Bonchev–Trinajstić information content (AvgIpc) is 3.04. The van der Waals surface area contributed by atoms with Gasteiger partial charge in [-0.05, 0) is 49.8 Å². The van der Waals surface area contributed by atoms with E-state index >= 15 is 0 Å². The van der Waals surface area contributed by atoms with Gasteiger partial charge in [-0.3, -0.25) is 0 Å². The maximum absolute atomic E-state index is 7.93. The molecule has 1 aliphatic heterocycles. The number of hydrogen-bond acceptors (Lipinski definition) is 6. The molecule has 1 aliphatic rings. The summed E-state index contributed by atoms with van der Waals surface area (Å²) in [4.78, 5) is 8.87. The third-order valence-corrected chi connectivity index (χ3v) is 5.72. The molecular formula is C18H21ClN4OS. The molecule has 25 heavy (non-hydrogen) atoms. The Labute approximate surface area is 157 Å². The lowest BCUT2D eigenvalue weighted by Crippen LogP contribution is -2.29. The van der Waals surface area contributed by atoms with Crippen LogP contribution < -0.4 is 5.32 Å². The molecule has 2 aromatic rings. The van der Waals surface area contributed by atoms with Gasteiger partial charge < -0.3 is 15.5 Å². The molecule has 7 heteroatoms. The second-order valence-electron chi connectivity index (χ2n) is 6.22. The molecule has 1 fully saturated rings. The molecule has 0 radical (unpaired) electrons. The molecule has 0 spiro atoms. The van der Waals surface area contributed by atoms with Crippen molar-refractivity contribution in [2.24, 2.45) is 0 Å². The molecular weight excluding hydrogens is 356 g/mol. The first-order valence-electron chi connectivity index (χ1n) is 8.04. The van der Waals surface area contributed by atoms with Gasteiger partial charge in [0.25, 0.3) is 0 Å². The summed E-state index contributed by atoms with van der Waals surface area (Å²) in [6, 6.07) is 5.78. The number of anilines is 2. The van der Waals surface area contributed by atoms with E-state index in [9.17, 15) is 0 Å². The lowest BCUT2D eigenvalue weighted by Gasteiger charge is -2.27. The van der Waals surface area contributed by atoms with Crippen LogP contribution in [0.25, 0.3) is 0 Å². The quantitative estimate of drug-likeness (QED) is 0.591. The highest BCUT2D eigenvalue weighted by Crippen LogP contribution is 2.39. The number of nitrogens with one attached hydrogen (secondary N) is 2. The van der Waals surface area contributed by atoms with Crippen molar-refractivity contribution >= 4 is 40.6 Å². The van der Waals surface area contributed by atoms with E-state index < -0.39 is 0 Å². The highest BCUT2D eigenvalue weighted by atomic mass is 35.5. The fraction of sp³-hybridized carbons (Fsp3) is 0.389. The first-order chi connectivity index (χ1) is 11.9. The van der Waals surface area contributed by atoms with E-state index in [0.29, 0.717) is 22.2 Å². The van der Waals surface area contributed by atoms with E-state index in [1.165, 1.54) is 0 Å². The number of pyridine rings is 2. The number of aryl methyl sites for hydroxylation is 1. The summed E-state index contributed by atoms with van der Waals surface area (Å²) in [6.45, 7) is 3.77. The predicted molar refractivity (Wildman–Crippen MR) is 105 cm³/mol. The van der Waals surface area contributed by atoms with Crippen molar-refractivity contribution < 1.29 is 4.74 Å². The summed E-state index contributed by atoms with van der Waals surface area (Å²) in [5, 5.41) is 11.6. The van der Waals surface area contributed by atoms with Gasteiger partial charge in [0, 0.05) is 30.3 Å². The summed E-state index contributed by atoms with van der Waals surface area (Å²) in [7, 11) is 1.75. The molecule has 1 unspecified atom stereocenters. The second kappa shape index (κ2) is 7.32. The molecule has 1 atom stereocenters. The molecule has 132 valence electrons. The van der Waals surface area contributed by atoms with Crippen LogP contribution in [0.15, 0.2) is 24.4 Å². The summed E-state index contributed by atoms with van der Waals surface area (Å²) in [5.74, 6) is 2.70. The monoisotopic (exact) mass is 376 g/mol. The minimum Gasteiger partial charge on any atom is -0.371 e. The number of halogens is 1. The van der Waals surface area contributed by atoms with Crippen LogP contribution in [0, 0.1) is 12.3 Å². The van der Waals surface area contributed by atoms with E-state index in [1.807, 2.05) is 24.8 Å². The van der Waals surface area contributed by atoms with Crippen molar-refractivity contribution in [2.45, 2.75) is 25.9 Å². The van der Waals surface area contributed by atoms with Gasteiger partial charge in [0.2, 0.25) is 0 Å². The topological polar surface area (TPSA) is 70.9 Å². The van der Waals surface area contributed by atoms with Gasteiger partial charge in [0.15, 0.2) is 0 Å². The molecule has 5 nitrogen and oxygen atoms in total. The molecule has 0 bridgehead atoms. The lowest BCUT2D eigenvalue weighted by atomic mass is 9.97. The smallest absolute Gasteiger partial charge is 0.131 e. The summed E-state index contributed by atoms with van der Waals surface area (Å²) >= 11 is 7.92. The zero-order valence-corrected chi connectivity index (χ0v) is 16.1. The van der Waals surface area contributed by atoms with E-state index in [-0.39, 0.29) is 5.60 Å². The maximum Gasteiger partial charge on any atom is 0.131 e. The molecule has 2 N–H and O–H groups in total. The van der Waals surface area contributed by atoms with Gasteiger partial charge in [0.1, 0.15) is 16.6 Å². The van der Waals surface area contributed by atoms with Gasteiger partial charge in [0.05, 0.1) is 11.4 Å². The molecule has 0 saturated carbocycles. The largest absolute Gasteiger partial charge is 0.371 e. The Morgan fingerprint density at radius 1 is 1.40 bits per heavy atom. The highest BCUT2D eigenvalue weighted by Gasteiger charge is 2.38. The van der Waals surface area contributed by atoms with Crippen LogP contribution >= 0.6 is 23.4 Å². The minimum atomic E-state index is -0.330. The van der Waals surface area contributed by atoms with Crippen LogP contribution in [-0.2, 0) is 10.3 Å². The number of aromatic nitrogens is 2. The van der Waals surface area contributed by atoms with Crippen molar-refractivity contribution in [3.8, 4) is 0 Å². The number of rotatable bonds is 5. The van der Waals surface area contributed by atoms with Gasteiger partial charge in [-0.25, -0.2) is 9.97 Å².